The molecule has 0 saturated carbocycles. The lowest BCUT2D eigenvalue weighted by Crippen LogP contribution is -2.39. The molecule has 8 heteroatoms. The highest BCUT2D eigenvalue weighted by Gasteiger charge is 2.24. The van der Waals surface area contributed by atoms with Crippen LogP contribution >= 0.6 is 0 Å². The Morgan fingerprint density at radius 1 is 1.30 bits per heavy atom. The fraction of sp³-hybridized carbons (Fsp3) is 0.360. The Bertz CT molecular complexity index is 926. The molecule has 178 valence electrons. The van der Waals surface area contributed by atoms with E-state index in [4.69, 9.17) is 4.74 Å². The Hall–Kier alpha value is -3.04. The van der Waals surface area contributed by atoms with E-state index in [-0.39, 0.29) is 11.5 Å². The molecule has 0 aromatic heterocycles. The van der Waals surface area contributed by atoms with Gasteiger partial charge in [-0.2, -0.15) is 0 Å². The molecule has 1 aromatic carbocycles. The monoisotopic (exact) mass is 455 g/mol. The number of carboxylic acids is 1. The van der Waals surface area contributed by atoms with Gasteiger partial charge in [-0.15, -0.1) is 0 Å². The molecule has 0 aliphatic heterocycles. The first-order chi connectivity index (χ1) is 15.6. The van der Waals surface area contributed by atoms with E-state index in [1.807, 2.05) is 32.9 Å². The first-order valence-corrected chi connectivity index (χ1v) is 10.7. The van der Waals surface area contributed by atoms with Crippen LogP contribution in [-0.4, -0.2) is 52.3 Å². The lowest BCUT2D eigenvalue weighted by molar-refractivity contribution is -0.180. The number of aromatic carboxylic acids is 1. The van der Waals surface area contributed by atoms with Crippen LogP contribution in [0.1, 0.15) is 43.1 Å². The van der Waals surface area contributed by atoms with Gasteiger partial charge in [-0.1, -0.05) is 30.9 Å². The van der Waals surface area contributed by atoms with Gasteiger partial charge in [0.1, 0.15) is 6.23 Å². The summed E-state index contributed by atoms with van der Waals surface area (Å²) in [6.07, 6.45) is 8.56. The molecule has 0 saturated heterocycles. The molecular formula is C25H33N3O5. The summed E-state index contributed by atoms with van der Waals surface area (Å²) in [6, 6.07) is 6.61. The first-order valence-electron chi connectivity index (χ1n) is 10.7. The third-order valence-electron chi connectivity index (χ3n) is 4.83. The van der Waals surface area contributed by atoms with Gasteiger partial charge in [0.25, 0.3) is 0 Å². The molecule has 2 rings (SSSR count). The summed E-state index contributed by atoms with van der Waals surface area (Å²) in [6.45, 7) is 9.38. The van der Waals surface area contributed by atoms with Crippen molar-refractivity contribution in [3.8, 4) is 0 Å². The second-order valence-electron chi connectivity index (χ2n) is 8.53. The minimum atomic E-state index is -1.14. The van der Waals surface area contributed by atoms with E-state index >= 15 is 0 Å². The Labute approximate surface area is 194 Å². The van der Waals surface area contributed by atoms with E-state index in [1.54, 1.807) is 42.8 Å². The molecule has 1 aromatic rings. The third kappa shape index (κ3) is 8.78. The molecule has 5 N–H and O–H groups in total. The molecule has 0 fully saturated rings. The van der Waals surface area contributed by atoms with E-state index in [0.29, 0.717) is 13.0 Å². The second kappa shape index (κ2) is 12.3. The number of ether oxygens (including phenoxy) is 1. The number of carboxylic acid groups (broad SMARTS) is 1. The highest BCUT2D eigenvalue weighted by Crippen LogP contribution is 2.33. The van der Waals surface area contributed by atoms with Crippen molar-refractivity contribution in [3.63, 3.8) is 0 Å². The average molecular weight is 456 g/mol. The molecule has 8 nitrogen and oxygen atoms in total. The minimum absolute atomic E-state index is 0.198. The summed E-state index contributed by atoms with van der Waals surface area (Å²) >= 11 is 0. The molecule has 0 heterocycles. The summed E-state index contributed by atoms with van der Waals surface area (Å²) in [4.78, 5) is 15.1. The average Bonchev–Trinajstić information content (AvgIpc) is 2.76. The molecule has 3 atom stereocenters. The zero-order valence-corrected chi connectivity index (χ0v) is 19.2. The number of nitrogens with one attached hydrogen (secondary N) is 2. The summed E-state index contributed by atoms with van der Waals surface area (Å²) < 4.78 is 5.50. The van der Waals surface area contributed by atoms with Crippen LogP contribution in [0.3, 0.4) is 0 Å². The molecule has 3 unspecified atom stereocenters. The Kier molecular flexibility index (Phi) is 9.74. The van der Waals surface area contributed by atoms with Gasteiger partial charge in [0, 0.05) is 31.1 Å². The highest BCUT2D eigenvalue weighted by molar-refractivity contribution is 5.88. The fourth-order valence-corrected chi connectivity index (χ4v) is 3.28. The van der Waals surface area contributed by atoms with Crippen molar-refractivity contribution in [2.75, 3.05) is 6.54 Å². The number of allylic oxidation sites excluding steroid dienone is 2. The Morgan fingerprint density at radius 2 is 2.00 bits per heavy atom. The van der Waals surface area contributed by atoms with Crippen LogP contribution in [0.15, 0.2) is 72.0 Å². The van der Waals surface area contributed by atoms with E-state index in [1.165, 1.54) is 6.20 Å². The summed E-state index contributed by atoms with van der Waals surface area (Å²) in [5.41, 5.74) is 2.38. The van der Waals surface area contributed by atoms with Gasteiger partial charge in [0.2, 0.25) is 6.41 Å². The summed E-state index contributed by atoms with van der Waals surface area (Å²) in [5.74, 6) is -1.22. The molecule has 0 spiro atoms. The van der Waals surface area contributed by atoms with Crippen LogP contribution in [0.5, 0.6) is 0 Å². The lowest BCUT2D eigenvalue weighted by atomic mass is 9.84. The van der Waals surface area contributed by atoms with Crippen molar-refractivity contribution in [1.82, 2.24) is 10.6 Å². The zero-order valence-electron chi connectivity index (χ0n) is 19.2. The number of nitrogens with zero attached hydrogens (tertiary/aromatic N) is 1. The lowest BCUT2D eigenvalue weighted by Gasteiger charge is -2.28. The molecule has 0 radical (unpaired) electrons. The maximum absolute atomic E-state index is 11.2. The molecule has 1 aliphatic carbocycles. The predicted molar refractivity (Wildman–Crippen MR) is 129 cm³/mol. The van der Waals surface area contributed by atoms with Crippen molar-refractivity contribution in [1.29, 1.82) is 0 Å². The van der Waals surface area contributed by atoms with Crippen molar-refractivity contribution >= 4 is 17.8 Å². The van der Waals surface area contributed by atoms with Crippen LogP contribution in [0.2, 0.25) is 0 Å². The SMILES string of the molecule is C=C/N=C\C=C\NC(O)C1C=CC(CNC(O)OC(C)(C)C)=C(c2ccc(C(=O)O)cc2)C1. The number of carbonyl (C=O) groups is 1. The summed E-state index contributed by atoms with van der Waals surface area (Å²) in [5, 5.41) is 35.8. The van der Waals surface area contributed by atoms with Crippen molar-refractivity contribution < 1.29 is 24.9 Å². The molecule has 33 heavy (non-hydrogen) atoms. The molecular weight excluding hydrogens is 422 g/mol. The number of rotatable bonds is 11. The third-order valence-corrected chi connectivity index (χ3v) is 4.83. The Balaban J connectivity index is 2.20. The quantitative estimate of drug-likeness (QED) is 0.257. The van der Waals surface area contributed by atoms with Gasteiger partial charge < -0.3 is 25.4 Å². The van der Waals surface area contributed by atoms with Crippen LogP contribution < -0.4 is 10.6 Å². The summed E-state index contributed by atoms with van der Waals surface area (Å²) in [7, 11) is 0. The van der Waals surface area contributed by atoms with Gasteiger partial charge in [-0.25, -0.2) is 4.79 Å². The minimum Gasteiger partial charge on any atom is -0.478 e. The van der Waals surface area contributed by atoms with Gasteiger partial charge in [0.15, 0.2) is 0 Å². The van der Waals surface area contributed by atoms with Crippen molar-refractivity contribution in [2.24, 2.45) is 10.9 Å². The molecule has 0 bridgehead atoms. The number of benzene rings is 1. The normalized spacial score (nSPS) is 18.6. The van der Waals surface area contributed by atoms with Crippen molar-refractivity contribution in [3.05, 3.63) is 78.2 Å². The molecule has 1 aliphatic rings. The largest absolute Gasteiger partial charge is 0.478 e. The number of hydrogen-bond acceptors (Lipinski definition) is 7. The van der Waals surface area contributed by atoms with Crippen LogP contribution in [-0.2, 0) is 4.74 Å². The molecule has 0 amide bonds. The van der Waals surface area contributed by atoms with E-state index in [2.05, 4.69) is 22.2 Å². The smallest absolute Gasteiger partial charge is 0.335 e. The van der Waals surface area contributed by atoms with Gasteiger partial charge in [0.05, 0.1) is 11.2 Å². The maximum Gasteiger partial charge on any atom is 0.335 e. The van der Waals surface area contributed by atoms with E-state index in [9.17, 15) is 20.1 Å². The van der Waals surface area contributed by atoms with Crippen LogP contribution in [0.25, 0.3) is 5.57 Å². The topological polar surface area (TPSA) is 123 Å². The maximum atomic E-state index is 11.2. The van der Waals surface area contributed by atoms with E-state index < -0.39 is 24.2 Å². The number of aliphatic imine (C=N–C) groups is 1. The number of hydrogen-bond donors (Lipinski definition) is 5. The first kappa shape index (κ1) is 26.2. The van der Waals surface area contributed by atoms with Crippen LogP contribution in [0, 0.1) is 5.92 Å². The Morgan fingerprint density at radius 3 is 2.61 bits per heavy atom. The predicted octanol–water partition coefficient (Wildman–Crippen LogP) is 3.03. The highest BCUT2D eigenvalue weighted by atomic mass is 16.6. The fourth-order valence-electron chi connectivity index (χ4n) is 3.28. The van der Waals surface area contributed by atoms with Crippen LogP contribution in [0.4, 0.5) is 0 Å². The second-order valence-corrected chi connectivity index (χ2v) is 8.53. The van der Waals surface area contributed by atoms with Gasteiger partial charge >= 0.3 is 5.97 Å². The van der Waals surface area contributed by atoms with E-state index in [0.717, 1.165) is 16.7 Å². The number of aliphatic hydroxyl groups is 2. The number of aliphatic hydroxyl groups excluding tert-OH is 2. The standard InChI is InChI=1S/C25H33N3O5/c1-5-26-13-6-14-27-22(29)19-11-12-20(16-28-24(32)33-25(2,3)4)21(15-19)17-7-9-18(10-8-17)23(30)31/h5-14,19,22,24,27-29,32H,1,15-16H2,2-4H3,(H,30,31)/b14-6+,26-13-. The van der Waals surface area contributed by atoms with Gasteiger partial charge in [-0.05, 0) is 62.1 Å². The zero-order chi connectivity index (χ0) is 24.4. The van der Waals surface area contributed by atoms with Gasteiger partial charge in [-0.3, -0.25) is 10.3 Å². The van der Waals surface area contributed by atoms with Crippen molar-refractivity contribution in [2.45, 2.75) is 45.4 Å².